The van der Waals surface area contributed by atoms with Crippen molar-refractivity contribution in [2.45, 2.75) is 193 Å². The van der Waals surface area contributed by atoms with Gasteiger partial charge in [-0.1, -0.05) is 53.2 Å². The number of aliphatic hydroxyl groups is 7. The zero-order valence-electron chi connectivity index (χ0n) is 38.5. The molecule has 3 aliphatic heterocycles. The van der Waals surface area contributed by atoms with Gasteiger partial charge in [0.1, 0.15) is 48.8 Å². The highest BCUT2D eigenvalue weighted by Crippen LogP contribution is 2.76. The minimum absolute atomic E-state index is 0.00150. The van der Waals surface area contributed by atoms with Crippen LogP contribution in [0.25, 0.3) is 0 Å². The van der Waals surface area contributed by atoms with E-state index in [0.717, 1.165) is 51.9 Å². The molecule has 7 fully saturated rings. The Kier molecular flexibility index (Phi) is 13.1. The first-order chi connectivity index (χ1) is 30.0. The second kappa shape index (κ2) is 17.3. The highest BCUT2D eigenvalue weighted by molar-refractivity contribution is 5.76. The third-order valence-electron chi connectivity index (χ3n) is 18.6. The number of carboxylic acid groups (broad SMARTS) is 1. The van der Waals surface area contributed by atoms with E-state index in [0.29, 0.717) is 19.3 Å². The molecule has 0 bridgehead atoms. The fourth-order valence-electron chi connectivity index (χ4n) is 14.6. The summed E-state index contributed by atoms with van der Waals surface area (Å²) in [5.74, 6) is -1.05. The molecule has 3 unspecified atom stereocenters. The molecular formula is C47H74O17. The molecule has 8 aliphatic rings. The second-order valence-corrected chi connectivity index (χ2v) is 22.6. The molecule has 8 N–H and O–H groups in total. The van der Waals surface area contributed by atoms with E-state index in [9.17, 15) is 50.4 Å². The van der Waals surface area contributed by atoms with Gasteiger partial charge in [0.25, 0.3) is 0 Å². The Balaban J connectivity index is 0.991. The SMILES string of the molecule is CC(=O)O[C@@H]1CO[C@@H](O[C@H]2[C@@H](O)[C@H](O[C@H]3[C@H](O[C@H]4CC[C@@]5(C)C(CC[C@]6(C)C5CC=C5C7CC(C)(C)CC[C@]7(C(=O)O)CC[C@]56C)[C@]4(C)CO)OC[C@H](O)[C@@H]3O)OC[C@@H]2O)[C@H](O)[C@H]1O. The minimum atomic E-state index is -1.74. The number of allylic oxidation sites excluding steroid dienone is 2. The van der Waals surface area contributed by atoms with Gasteiger partial charge in [-0.3, -0.25) is 9.59 Å². The van der Waals surface area contributed by atoms with Crippen LogP contribution in [0.1, 0.15) is 113 Å². The van der Waals surface area contributed by atoms with E-state index in [1.165, 1.54) is 5.57 Å². The Bertz CT molecular complexity index is 1780. The standard InChI is InChI=1S/C47H74O17/c1-23(49)61-28-21-60-38(34(54)33(28)53)63-36-27(51)20-58-39(35(36)55)64-37-32(52)26(50)19-59-40(37)62-31-11-12-43(4)29(44(31,5)22-48)10-13-46(7)30(43)9-8-24-25-18-42(2,3)14-16-47(25,41(56)57)17-15-45(24,46)6/h8,25-40,48,50-55H,9-22H2,1-7H3,(H,56,57)/t25?,26-,27-,28+,29?,30?,31-,32-,33-,34+,35+,36+,37+,38-,39-,40-,43-,44-,45+,46+,47-/m0/s1. The van der Waals surface area contributed by atoms with Crippen molar-refractivity contribution < 1.29 is 83.6 Å². The van der Waals surface area contributed by atoms with Gasteiger partial charge in [0.15, 0.2) is 25.0 Å². The molecule has 21 atom stereocenters. The van der Waals surface area contributed by atoms with Crippen LogP contribution in [0.2, 0.25) is 0 Å². The van der Waals surface area contributed by atoms with E-state index < -0.39 is 109 Å². The third kappa shape index (κ3) is 7.72. The predicted octanol–water partition coefficient (Wildman–Crippen LogP) is 2.17. The van der Waals surface area contributed by atoms with Gasteiger partial charge in [-0.15, -0.1) is 0 Å². The first kappa shape index (κ1) is 48.6. The van der Waals surface area contributed by atoms with E-state index >= 15 is 0 Å². The zero-order valence-corrected chi connectivity index (χ0v) is 38.5. The van der Waals surface area contributed by atoms with Crippen molar-refractivity contribution in [3.63, 3.8) is 0 Å². The minimum Gasteiger partial charge on any atom is -0.481 e. The number of aliphatic carboxylic acids is 1. The predicted molar refractivity (Wildman–Crippen MR) is 224 cm³/mol. The summed E-state index contributed by atoms with van der Waals surface area (Å²) in [6.07, 6.45) is -8.14. The van der Waals surface area contributed by atoms with E-state index in [4.69, 9.17) is 33.2 Å². The second-order valence-electron chi connectivity index (χ2n) is 22.6. The zero-order chi connectivity index (χ0) is 46.5. The average Bonchev–Trinajstić information content (AvgIpc) is 3.23. The van der Waals surface area contributed by atoms with Crippen LogP contribution in [0.4, 0.5) is 0 Å². The lowest BCUT2D eigenvalue weighted by atomic mass is 9.33. The van der Waals surface area contributed by atoms with Crippen molar-refractivity contribution >= 4 is 11.9 Å². The lowest BCUT2D eigenvalue weighted by Crippen LogP contribution is -2.67. The number of hydrogen-bond donors (Lipinski definition) is 8. The Hall–Kier alpha value is -1.84. The van der Waals surface area contributed by atoms with Crippen molar-refractivity contribution in [2.75, 3.05) is 26.4 Å². The number of carbonyl (C=O) groups excluding carboxylic acids is 1. The fraction of sp³-hybridized carbons (Fsp3) is 0.915. The molecule has 17 nitrogen and oxygen atoms in total. The first-order valence-electron chi connectivity index (χ1n) is 23.6. The van der Waals surface area contributed by atoms with Gasteiger partial charge < -0.3 is 74.0 Å². The van der Waals surface area contributed by atoms with Gasteiger partial charge in [0, 0.05) is 12.3 Å². The van der Waals surface area contributed by atoms with Crippen LogP contribution in [0.3, 0.4) is 0 Å². The van der Waals surface area contributed by atoms with E-state index in [-0.39, 0.29) is 59.2 Å². The first-order valence-corrected chi connectivity index (χ1v) is 23.6. The number of rotatable bonds is 9. The topological polar surface area (TPSA) is 261 Å². The van der Waals surface area contributed by atoms with E-state index in [2.05, 4.69) is 47.6 Å². The Morgan fingerprint density at radius 3 is 2.03 bits per heavy atom. The van der Waals surface area contributed by atoms with Crippen molar-refractivity contribution in [3.8, 4) is 0 Å². The highest BCUT2D eigenvalue weighted by atomic mass is 16.8. The maximum atomic E-state index is 13.1. The number of carbonyl (C=O) groups is 2. The molecule has 3 heterocycles. The molecule has 64 heavy (non-hydrogen) atoms. The molecule has 8 rings (SSSR count). The number of carboxylic acids is 1. The summed E-state index contributed by atoms with van der Waals surface area (Å²) in [6, 6.07) is 0. The van der Waals surface area contributed by atoms with Gasteiger partial charge >= 0.3 is 11.9 Å². The van der Waals surface area contributed by atoms with E-state index in [1.807, 2.05) is 0 Å². The molecule has 3 saturated heterocycles. The summed E-state index contributed by atoms with van der Waals surface area (Å²) < 4.78 is 40.9. The van der Waals surface area contributed by atoms with Gasteiger partial charge in [-0.05, 0) is 104 Å². The van der Waals surface area contributed by atoms with Gasteiger partial charge in [-0.25, -0.2) is 0 Å². The average molecular weight is 911 g/mol. The largest absolute Gasteiger partial charge is 0.481 e. The van der Waals surface area contributed by atoms with Gasteiger partial charge in [-0.2, -0.15) is 0 Å². The molecule has 0 aromatic rings. The number of esters is 1. The summed E-state index contributed by atoms with van der Waals surface area (Å²) in [7, 11) is 0. The van der Waals surface area contributed by atoms with Crippen LogP contribution >= 0.6 is 0 Å². The quantitative estimate of drug-likeness (QED) is 0.0937. The number of aliphatic hydroxyl groups excluding tert-OH is 7. The maximum Gasteiger partial charge on any atom is 0.310 e. The normalized spacial score (nSPS) is 52.5. The number of hydrogen-bond acceptors (Lipinski definition) is 16. The Labute approximate surface area is 375 Å². The van der Waals surface area contributed by atoms with Gasteiger partial charge in [0.05, 0.1) is 37.9 Å². The molecule has 0 aromatic heterocycles. The molecule has 0 amide bonds. The molecule has 5 aliphatic carbocycles. The van der Waals surface area contributed by atoms with Gasteiger partial charge in [0.2, 0.25) is 0 Å². The third-order valence-corrected chi connectivity index (χ3v) is 18.6. The highest BCUT2D eigenvalue weighted by Gasteiger charge is 2.70. The smallest absolute Gasteiger partial charge is 0.310 e. The Morgan fingerprint density at radius 1 is 0.703 bits per heavy atom. The molecule has 0 aromatic carbocycles. The molecule has 4 saturated carbocycles. The Morgan fingerprint density at radius 2 is 1.34 bits per heavy atom. The summed E-state index contributed by atoms with van der Waals surface area (Å²) in [6.45, 7) is 13.8. The van der Waals surface area contributed by atoms with Crippen molar-refractivity contribution in [3.05, 3.63) is 11.6 Å². The van der Waals surface area contributed by atoms with Crippen LogP contribution in [0.5, 0.6) is 0 Å². The molecule has 0 spiro atoms. The number of ether oxygens (including phenoxy) is 7. The molecule has 364 valence electrons. The summed E-state index contributed by atoms with van der Waals surface area (Å²) >= 11 is 0. The summed E-state index contributed by atoms with van der Waals surface area (Å²) in [5, 5.41) is 87.9. The maximum absolute atomic E-state index is 13.1. The monoisotopic (exact) mass is 910 g/mol. The van der Waals surface area contributed by atoms with E-state index in [1.54, 1.807) is 0 Å². The van der Waals surface area contributed by atoms with Crippen LogP contribution < -0.4 is 0 Å². The molecular weight excluding hydrogens is 837 g/mol. The summed E-state index contributed by atoms with van der Waals surface area (Å²) in [4.78, 5) is 24.6. The van der Waals surface area contributed by atoms with Crippen LogP contribution in [0.15, 0.2) is 11.6 Å². The fourth-order valence-corrected chi connectivity index (χ4v) is 14.6. The van der Waals surface area contributed by atoms with Crippen molar-refractivity contribution in [2.24, 2.45) is 50.2 Å². The van der Waals surface area contributed by atoms with Crippen LogP contribution in [0, 0.1) is 50.2 Å². The lowest BCUT2D eigenvalue weighted by Gasteiger charge is -2.71. The van der Waals surface area contributed by atoms with Crippen LogP contribution in [-0.2, 0) is 42.7 Å². The molecule has 17 heteroatoms. The number of fused-ring (bicyclic) bond motifs is 7. The summed E-state index contributed by atoms with van der Waals surface area (Å²) in [5.41, 5.74) is -0.559. The van der Waals surface area contributed by atoms with Crippen molar-refractivity contribution in [1.29, 1.82) is 0 Å². The molecule has 0 radical (unpaired) electrons. The van der Waals surface area contributed by atoms with Crippen molar-refractivity contribution in [1.82, 2.24) is 0 Å². The van der Waals surface area contributed by atoms with Crippen LogP contribution in [-0.4, -0.2) is 159 Å². The lowest BCUT2D eigenvalue weighted by molar-refractivity contribution is -0.370.